The minimum Gasteiger partial charge on any atom is -0.0776 e. The maximum Gasteiger partial charge on any atom is -0.00473 e. The third-order valence-corrected chi connectivity index (χ3v) is 6.48. The van der Waals surface area contributed by atoms with E-state index in [9.17, 15) is 0 Å². The van der Waals surface area contributed by atoms with Gasteiger partial charge in [-0.05, 0) is 24.7 Å². The van der Waals surface area contributed by atoms with E-state index < -0.39 is 0 Å². The van der Waals surface area contributed by atoms with Crippen molar-refractivity contribution in [2.75, 3.05) is 0 Å². The van der Waals surface area contributed by atoms with Crippen molar-refractivity contribution < 1.29 is 0 Å². The molecule has 2 rings (SSSR count). The van der Waals surface area contributed by atoms with Gasteiger partial charge >= 0.3 is 0 Å². The molecule has 158 valence electrons. The Bertz CT molecular complexity index is 396. The maximum absolute atomic E-state index is 2.34. The van der Waals surface area contributed by atoms with Crippen LogP contribution in [0.5, 0.6) is 0 Å². The first-order chi connectivity index (χ1) is 13.9. The normalized spacial score (nSPS) is 16.1. The third kappa shape index (κ3) is 12.4. The van der Waals surface area contributed by atoms with Crippen LogP contribution in [0.1, 0.15) is 116 Å². The van der Waals surface area contributed by atoms with Crippen LogP contribution in [0.3, 0.4) is 0 Å². The molecule has 0 nitrogen and oxygen atoms in total. The summed E-state index contributed by atoms with van der Waals surface area (Å²) in [5.74, 6) is 1.49. The smallest absolute Gasteiger partial charge is 0.00473 e. The molecule has 0 fully saturated rings. The Balaban J connectivity index is 1.19. The van der Waals surface area contributed by atoms with E-state index in [-0.39, 0.29) is 0 Å². The van der Waals surface area contributed by atoms with E-state index in [1.807, 2.05) is 0 Å². The Morgan fingerprint density at radius 3 is 0.750 bits per heavy atom. The minimum absolute atomic E-state index is 0.747. The summed E-state index contributed by atoms with van der Waals surface area (Å²) < 4.78 is 0. The molecule has 0 aromatic rings. The molecule has 0 amide bonds. The summed E-state index contributed by atoms with van der Waals surface area (Å²) >= 11 is 0. The van der Waals surface area contributed by atoms with Gasteiger partial charge in [0.05, 0.1) is 0 Å². The fraction of sp³-hybridized carbons (Fsp3) is 0.714. The number of unbranched alkanes of at least 4 members (excludes halogenated alkanes) is 15. The highest BCUT2D eigenvalue weighted by Crippen LogP contribution is 2.19. The van der Waals surface area contributed by atoms with E-state index in [1.54, 1.807) is 0 Å². The summed E-state index contributed by atoms with van der Waals surface area (Å²) in [6, 6.07) is 0. The van der Waals surface area contributed by atoms with E-state index in [1.165, 1.54) is 116 Å². The molecule has 0 bridgehead atoms. The number of hydrogen-bond donors (Lipinski definition) is 0. The molecule has 2 aliphatic carbocycles. The standard InChI is InChI=1S/C28H46/c1(3-5-7-9-11-13-15-21-27-23-17-18-24-27)2-4-6-8-10-12-14-16-22-28-25-19-20-26-28/h17-20,23-28H,1-16,21-22H2. The van der Waals surface area contributed by atoms with Crippen LogP contribution < -0.4 is 0 Å². The number of hydrogen-bond acceptors (Lipinski definition) is 0. The van der Waals surface area contributed by atoms with E-state index in [2.05, 4.69) is 48.6 Å². The largest absolute Gasteiger partial charge is 0.0776 e. The molecule has 0 unspecified atom stereocenters. The second-order valence-corrected chi connectivity index (χ2v) is 9.10. The van der Waals surface area contributed by atoms with Crippen LogP contribution in [0.25, 0.3) is 0 Å². The van der Waals surface area contributed by atoms with Crippen LogP contribution in [-0.2, 0) is 0 Å². The van der Waals surface area contributed by atoms with Crippen molar-refractivity contribution in [3.8, 4) is 0 Å². The quantitative estimate of drug-likeness (QED) is 0.195. The fourth-order valence-electron chi connectivity index (χ4n) is 4.58. The van der Waals surface area contributed by atoms with Gasteiger partial charge in [0.2, 0.25) is 0 Å². The van der Waals surface area contributed by atoms with Crippen molar-refractivity contribution in [3.63, 3.8) is 0 Å². The van der Waals surface area contributed by atoms with E-state index in [4.69, 9.17) is 0 Å². The van der Waals surface area contributed by atoms with Crippen molar-refractivity contribution in [1.82, 2.24) is 0 Å². The van der Waals surface area contributed by atoms with Crippen molar-refractivity contribution in [1.29, 1.82) is 0 Å². The average molecular weight is 383 g/mol. The fourth-order valence-corrected chi connectivity index (χ4v) is 4.58. The van der Waals surface area contributed by atoms with Gasteiger partial charge < -0.3 is 0 Å². The lowest BCUT2D eigenvalue weighted by Crippen LogP contribution is -1.89. The molecule has 0 spiro atoms. The van der Waals surface area contributed by atoms with Gasteiger partial charge in [-0.2, -0.15) is 0 Å². The Kier molecular flexibility index (Phi) is 14.0. The summed E-state index contributed by atoms with van der Waals surface area (Å²) in [6.07, 6.45) is 44.2. The van der Waals surface area contributed by atoms with Gasteiger partial charge in [-0.15, -0.1) is 0 Å². The lowest BCUT2D eigenvalue weighted by atomic mass is 10.0. The van der Waals surface area contributed by atoms with E-state index in [0.717, 1.165) is 11.8 Å². The van der Waals surface area contributed by atoms with Gasteiger partial charge in [-0.3, -0.25) is 0 Å². The Morgan fingerprint density at radius 2 is 0.500 bits per heavy atom. The lowest BCUT2D eigenvalue weighted by Gasteiger charge is -2.06. The van der Waals surface area contributed by atoms with Gasteiger partial charge in [0.15, 0.2) is 0 Å². The summed E-state index contributed by atoms with van der Waals surface area (Å²) in [5, 5.41) is 0. The van der Waals surface area contributed by atoms with Crippen molar-refractivity contribution in [3.05, 3.63) is 48.6 Å². The van der Waals surface area contributed by atoms with Crippen molar-refractivity contribution >= 4 is 0 Å². The zero-order valence-corrected chi connectivity index (χ0v) is 18.5. The molecule has 28 heavy (non-hydrogen) atoms. The van der Waals surface area contributed by atoms with E-state index >= 15 is 0 Å². The van der Waals surface area contributed by atoms with Gasteiger partial charge in [-0.25, -0.2) is 0 Å². The SMILES string of the molecule is C1=CC(CCCCCCCCCCCCCCCCCCC2C=CC=C2)C=C1. The van der Waals surface area contributed by atoms with Crippen molar-refractivity contribution in [2.45, 2.75) is 116 Å². The van der Waals surface area contributed by atoms with Crippen LogP contribution in [0.15, 0.2) is 48.6 Å². The lowest BCUT2D eigenvalue weighted by molar-refractivity contribution is 0.517. The topological polar surface area (TPSA) is 0 Å². The highest BCUT2D eigenvalue weighted by Gasteiger charge is 2.03. The molecule has 0 N–H and O–H groups in total. The molecule has 0 saturated carbocycles. The van der Waals surface area contributed by atoms with Crippen LogP contribution in [0, 0.1) is 11.8 Å². The first kappa shape index (κ1) is 23.2. The third-order valence-electron chi connectivity index (χ3n) is 6.48. The highest BCUT2D eigenvalue weighted by atomic mass is 14.1. The molecule has 0 radical (unpaired) electrons. The van der Waals surface area contributed by atoms with E-state index in [0.29, 0.717) is 0 Å². The molecule has 0 heterocycles. The van der Waals surface area contributed by atoms with Crippen LogP contribution >= 0.6 is 0 Å². The molecule has 2 aliphatic rings. The molecule has 0 saturated heterocycles. The zero-order chi connectivity index (χ0) is 19.5. The first-order valence-electron chi connectivity index (χ1n) is 12.6. The molecule has 0 aromatic heterocycles. The molecule has 0 aliphatic heterocycles. The number of rotatable bonds is 19. The molecular weight excluding hydrogens is 336 g/mol. The molecule has 0 atom stereocenters. The Labute approximate surface area is 176 Å². The summed E-state index contributed by atoms with van der Waals surface area (Å²) in [7, 11) is 0. The molecular formula is C28H46. The first-order valence-corrected chi connectivity index (χ1v) is 12.6. The van der Waals surface area contributed by atoms with Gasteiger partial charge in [-0.1, -0.05) is 151 Å². The average Bonchev–Trinajstić information content (AvgIpc) is 3.41. The maximum atomic E-state index is 2.34. The van der Waals surface area contributed by atoms with Gasteiger partial charge in [0, 0.05) is 0 Å². The predicted molar refractivity (Wildman–Crippen MR) is 127 cm³/mol. The second-order valence-electron chi connectivity index (χ2n) is 9.10. The summed E-state index contributed by atoms with van der Waals surface area (Å²) in [4.78, 5) is 0. The van der Waals surface area contributed by atoms with Gasteiger partial charge in [0.25, 0.3) is 0 Å². The molecule has 0 aromatic carbocycles. The summed E-state index contributed by atoms with van der Waals surface area (Å²) in [5.41, 5.74) is 0. The Morgan fingerprint density at radius 1 is 0.286 bits per heavy atom. The van der Waals surface area contributed by atoms with Crippen LogP contribution in [0.2, 0.25) is 0 Å². The molecule has 0 heteroatoms. The number of allylic oxidation sites excluding steroid dienone is 8. The second kappa shape index (κ2) is 16.9. The minimum atomic E-state index is 0.747. The van der Waals surface area contributed by atoms with Crippen LogP contribution in [-0.4, -0.2) is 0 Å². The highest BCUT2D eigenvalue weighted by molar-refractivity contribution is 5.17. The monoisotopic (exact) mass is 382 g/mol. The van der Waals surface area contributed by atoms with Crippen LogP contribution in [0.4, 0.5) is 0 Å². The predicted octanol–water partition coefficient (Wildman–Crippen LogP) is 9.49. The van der Waals surface area contributed by atoms with Gasteiger partial charge in [0.1, 0.15) is 0 Å². The van der Waals surface area contributed by atoms with Crippen molar-refractivity contribution in [2.24, 2.45) is 11.8 Å². The summed E-state index contributed by atoms with van der Waals surface area (Å²) in [6.45, 7) is 0. The zero-order valence-electron chi connectivity index (χ0n) is 18.5. The Hall–Kier alpha value is -1.04.